The number of benzene rings is 2. The maximum atomic E-state index is 9.37. The summed E-state index contributed by atoms with van der Waals surface area (Å²) in [5.41, 5.74) is 5.30. The predicted molar refractivity (Wildman–Crippen MR) is 93.6 cm³/mol. The van der Waals surface area contributed by atoms with E-state index in [0.717, 1.165) is 22.3 Å². The highest BCUT2D eigenvalue weighted by atomic mass is 16.3. The summed E-state index contributed by atoms with van der Waals surface area (Å²) in [5, 5.41) is 17.8. The van der Waals surface area contributed by atoms with Crippen LogP contribution in [0.25, 0.3) is 22.2 Å². The Morgan fingerprint density at radius 3 is 2.54 bits per heavy atom. The normalized spacial score (nSPS) is 11.2. The molecule has 0 saturated carbocycles. The van der Waals surface area contributed by atoms with Crippen LogP contribution in [0.3, 0.4) is 0 Å². The minimum atomic E-state index is 0.105. The summed E-state index contributed by atoms with van der Waals surface area (Å²) in [6.45, 7) is 1.29. The van der Waals surface area contributed by atoms with Crippen molar-refractivity contribution in [2.24, 2.45) is 0 Å². The Morgan fingerprint density at radius 2 is 1.71 bits per heavy atom. The number of fused-ring (bicyclic) bond motifs is 1. The van der Waals surface area contributed by atoms with Crippen LogP contribution < -0.4 is 0 Å². The molecular weight excluding hydrogens is 300 g/mol. The zero-order valence-electron chi connectivity index (χ0n) is 13.2. The van der Waals surface area contributed by atoms with Crippen molar-refractivity contribution >= 4 is 11.0 Å². The van der Waals surface area contributed by atoms with Gasteiger partial charge < -0.3 is 9.67 Å². The molecule has 2 aromatic heterocycles. The van der Waals surface area contributed by atoms with Crippen LogP contribution in [0.2, 0.25) is 0 Å². The Hall–Kier alpha value is -2.92. The van der Waals surface area contributed by atoms with E-state index < -0.39 is 0 Å². The number of aliphatic hydroxyl groups is 1. The van der Waals surface area contributed by atoms with Crippen molar-refractivity contribution in [1.29, 1.82) is 0 Å². The largest absolute Gasteiger partial charge is 0.395 e. The molecule has 0 fully saturated rings. The van der Waals surface area contributed by atoms with Gasteiger partial charge in [0.25, 0.3) is 0 Å². The molecule has 5 nitrogen and oxygen atoms in total. The smallest absolute Gasteiger partial charge is 0.113 e. The minimum absolute atomic E-state index is 0.105. The Bertz CT molecular complexity index is 956. The number of hydrogen-bond donors (Lipinski definition) is 1. The lowest BCUT2D eigenvalue weighted by atomic mass is 10.1. The van der Waals surface area contributed by atoms with E-state index in [4.69, 9.17) is 0 Å². The monoisotopic (exact) mass is 318 g/mol. The number of nitrogens with zero attached hydrogens (tertiary/aromatic N) is 4. The number of hydrogen-bond acceptors (Lipinski definition) is 3. The summed E-state index contributed by atoms with van der Waals surface area (Å²) in [7, 11) is 0. The molecule has 2 aromatic carbocycles. The van der Waals surface area contributed by atoms with Crippen LogP contribution in [-0.2, 0) is 13.1 Å². The maximum Gasteiger partial charge on any atom is 0.113 e. The van der Waals surface area contributed by atoms with E-state index >= 15 is 0 Å². The highest BCUT2D eigenvalue weighted by Gasteiger charge is 2.10. The molecule has 0 aliphatic carbocycles. The Balaban J connectivity index is 1.72. The lowest BCUT2D eigenvalue weighted by Crippen LogP contribution is -2.10. The second-order valence-electron chi connectivity index (χ2n) is 5.74. The van der Waals surface area contributed by atoms with Crippen LogP contribution in [-0.4, -0.2) is 31.3 Å². The van der Waals surface area contributed by atoms with Crippen LogP contribution in [0.4, 0.5) is 0 Å². The van der Waals surface area contributed by atoms with Gasteiger partial charge in [0.2, 0.25) is 0 Å². The van der Waals surface area contributed by atoms with Gasteiger partial charge in [0, 0.05) is 18.4 Å². The molecule has 0 bridgehead atoms. The molecule has 0 amide bonds. The van der Waals surface area contributed by atoms with Gasteiger partial charge in [-0.2, -0.15) is 0 Å². The second kappa shape index (κ2) is 6.29. The van der Waals surface area contributed by atoms with Gasteiger partial charge in [-0.1, -0.05) is 47.7 Å². The van der Waals surface area contributed by atoms with Gasteiger partial charge in [0.15, 0.2) is 0 Å². The van der Waals surface area contributed by atoms with Gasteiger partial charge in [0.05, 0.1) is 18.7 Å². The van der Waals surface area contributed by atoms with Crippen molar-refractivity contribution in [3.05, 3.63) is 72.6 Å². The molecule has 24 heavy (non-hydrogen) atoms. The third-order valence-corrected chi connectivity index (χ3v) is 4.17. The Kier molecular flexibility index (Phi) is 3.84. The highest BCUT2D eigenvalue weighted by Crippen LogP contribution is 2.23. The zero-order chi connectivity index (χ0) is 16.4. The number of para-hydroxylation sites is 1. The fourth-order valence-electron chi connectivity index (χ4n) is 2.98. The molecule has 0 aliphatic heterocycles. The fourth-order valence-corrected chi connectivity index (χ4v) is 2.98. The molecule has 0 atom stereocenters. The summed E-state index contributed by atoms with van der Waals surface area (Å²) in [4.78, 5) is 0. The molecule has 0 spiro atoms. The first-order valence-electron chi connectivity index (χ1n) is 7.99. The summed E-state index contributed by atoms with van der Waals surface area (Å²) in [6, 6.07) is 20.3. The quantitative estimate of drug-likeness (QED) is 0.615. The number of aromatic nitrogens is 4. The molecule has 0 saturated heterocycles. The molecule has 0 unspecified atom stereocenters. The van der Waals surface area contributed by atoms with Gasteiger partial charge in [-0.15, -0.1) is 5.10 Å². The van der Waals surface area contributed by atoms with Crippen molar-refractivity contribution in [1.82, 2.24) is 19.6 Å². The van der Waals surface area contributed by atoms with E-state index in [0.29, 0.717) is 13.1 Å². The molecular formula is C19H18N4O. The first-order valence-corrected chi connectivity index (χ1v) is 7.99. The predicted octanol–water partition coefficient (Wildman–Crippen LogP) is 2.94. The Morgan fingerprint density at radius 1 is 0.917 bits per heavy atom. The van der Waals surface area contributed by atoms with E-state index in [2.05, 4.69) is 39.3 Å². The Labute approximate surface area is 139 Å². The van der Waals surface area contributed by atoms with E-state index in [1.807, 2.05) is 47.1 Å². The lowest BCUT2D eigenvalue weighted by molar-refractivity contribution is 0.274. The van der Waals surface area contributed by atoms with E-state index in [1.165, 1.54) is 5.56 Å². The fraction of sp³-hybridized carbons (Fsp3) is 0.158. The third kappa shape index (κ3) is 2.70. The summed E-state index contributed by atoms with van der Waals surface area (Å²) >= 11 is 0. The molecule has 1 N–H and O–H groups in total. The van der Waals surface area contributed by atoms with Crippen LogP contribution in [0, 0.1) is 0 Å². The summed E-state index contributed by atoms with van der Waals surface area (Å²) in [5.74, 6) is 0. The van der Waals surface area contributed by atoms with Gasteiger partial charge >= 0.3 is 0 Å². The standard InChI is InChI=1S/C19H18N4O/c24-11-10-22-13-16(15-6-2-1-3-7-15)12-17(22)14-23-19-9-5-4-8-18(19)20-21-23/h1-9,12-13,24H,10-11,14H2. The minimum Gasteiger partial charge on any atom is -0.395 e. The van der Waals surface area contributed by atoms with E-state index in [9.17, 15) is 5.11 Å². The van der Waals surface area contributed by atoms with Crippen molar-refractivity contribution in [2.75, 3.05) is 6.61 Å². The van der Waals surface area contributed by atoms with Crippen LogP contribution >= 0.6 is 0 Å². The van der Waals surface area contributed by atoms with Crippen molar-refractivity contribution in [3.63, 3.8) is 0 Å². The molecule has 4 aromatic rings. The average Bonchev–Trinajstić information content (AvgIpc) is 3.22. The van der Waals surface area contributed by atoms with Crippen molar-refractivity contribution < 1.29 is 5.11 Å². The second-order valence-corrected chi connectivity index (χ2v) is 5.74. The first kappa shape index (κ1) is 14.7. The zero-order valence-corrected chi connectivity index (χ0v) is 13.2. The van der Waals surface area contributed by atoms with Crippen LogP contribution in [0.1, 0.15) is 5.69 Å². The number of aliphatic hydroxyl groups excluding tert-OH is 1. The van der Waals surface area contributed by atoms with Crippen LogP contribution in [0.15, 0.2) is 66.9 Å². The molecule has 0 aliphatic rings. The van der Waals surface area contributed by atoms with E-state index in [1.54, 1.807) is 0 Å². The van der Waals surface area contributed by atoms with Crippen molar-refractivity contribution in [2.45, 2.75) is 13.1 Å². The molecule has 0 radical (unpaired) electrons. The van der Waals surface area contributed by atoms with Crippen molar-refractivity contribution in [3.8, 4) is 11.1 Å². The third-order valence-electron chi connectivity index (χ3n) is 4.17. The SMILES string of the molecule is OCCn1cc(-c2ccccc2)cc1Cn1nnc2ccccc21. The molecule has 4 rings (SSSR count). The van der Waals surface area contributed by atoms with Gasteiger partial charge in [-0.05, 0) is 29.3 Å². The lowest BCUT2D eigenvalue weighted by Gasteiger charge is -2.07. The molecule has 5 heteroatoms. The molecule has 2 heterocycles. The number of rotatable bonds is 5. The highest BCUT2D eigenvalue weighted by molar-refractivity contribution is 5.74. The van der Waals surface area contributed by atoms with E-state index in [-0.39, 0.29) is 6.61 Å². The average molecular weight is 318 g/mol. The summed E-state index contributed by atoms with van der Waals surface area (Å²) in [6.07, 6.45) is 2.08. The topological polar surface area (TPSA) is 55.9 Å². The van der Waals surface area contributed by atoms with Gasteiger partial charge in [0.1, 0.15) is 5.52 Å². The molecule has 120 valence electrons. The van der Waals surface area contributed by atoms with Gasteiger partial charge in [-0.3, -0.25) is 0 Å². The van der Waals surface area contributed by atoms with Crippen LogP contribution in [0.5, 0.6) is 0 Å². The first-order chi connectivity index (χ1) is 11.8. The maximum absolute atomic E-state index is 9.37. The van der Waals surface area contributed by atoms with Gasteiger partial charge in [-0.25, -0.2) is 4.68 Å². The summed E-state index contributed by atoms with van der Waals surface area (Å²) < 4.78 is 3.98.